The Kier molecular flexibility index (Phi) is 5.98. The number of halogens is 1. The van der Waals surface area contributed by atoms with Crippen LogP contribution >= 0.6 is 15.9 Å². The number of aryl methyl sites for hydroxylation is 1. The molecule has 0 heterocycles. The summed E-state index contributed by atoms with van der Waals surface area (Å²) >= 11 is 3.48. The highest BCUT2D eigenvalue weighted by molar-refractivity contribution is 9.10. The lowest BCUT2D eigenvalue weighted by Crippen LogP contribution is -2.29. The van der Waals surface area contributed by atoms with Gasteiger partial charge in [0, 0.05) is 31.8 Å². The minimum Gasteiger partial charge on any atom is -0.355 e. The number of hydrogen-bond acceptors (Lipinski definition) is 3. The third-order valence-corrected chi connectivity index (χ3v) is 3.28. The van der Waals surface area contributed by atoms with Crippen molar-refractivity contribution in [2.45, 2.75) is 19.8 Å². The number of nitrogens with one attached hydrogen (secondary N) is 1. The number of rotatable bonds is 6. The second-order valence-corrected chi connectivity index (χ2v) is 4.47. The van der Waals surface area contributed by atoms with Crippen LogP contribution in [-0.2, 0) is 16.0 Å². The van der Waals surface area contributed by atoms with Gasteiger partial charge in [-0.05, 0) is 24.1 Å². The van der Waals surface area contributed by atoms with Gasteiger partial charge < -0.3 is 14.8 Å². The van der Waals surface area contributed by atoms with Gasteiger partial charge in [-0.1, -0.05) is 28.1 Å². The van der Waals surface area contributed by atoms with Crippen LogP contribution < -0.4 is 5.32 Å². The monoisotopic (exact) mass is 287 g/mol. The Hall–Kier alpha value is -0.420. The standard InChI is InChI=1S/C12H18BrNO2/c1-9-6-10(4-5-11(9)13)7-14-8-12(15-2)16-3/h4-6,12,14H,7-8H2,1-3H3. The molecule has 0 unspecified atom stereocenters. The minimum absolute atomic E-state index is 0.184. The molecule has 0 atom stereocenters. The molecule has 0 saturated carbocycles. The van der Waals surface area contributed by atoms with E-state index in [2.05, 4.69) is 46.4 Å². The molecule has 1 aromatic carbocycles. The van der Waals surface area contributed by atoms with Crippen LogP contribution in [0.2, 0.25) is 0 Å². The van der Waals surface area contributed by atoms with Gasteiger partial charge in [0.25, 0.3) is 0 Å². The molecule has 4 heteroatoms. The molecular weight excluding hydrogens is 270 g/mol. The summed E-state index contributed by atoms with van der Waals surface area (Å²) in [6.07, 6.45) is -0.184. The molecule has 1 rings (SSSR count). The zero-order valence-electron chi connectivity index (χ0n) is 9.92. The Labute approximate surface area is 105 Å². The van der Waals surface area contributed by atoms with E-state index >= 15 is 0 Å². The Bertz CT molecular complexity index is 327. The Balaban J connectivity index is 2.40. The normalized spacial score (nSPS) is 11.1. The molecule has 0 aliphatic carbocycles. The Morgan fingerprint density at radius 2 is 2.00 bits per heavy atom. The smallest absolute Gasteiger partial charge is 0.169 e. The minimum atomic E-state index is -0.184. The summed E-state index contributed by atoms with van der Waals surface area (Å²) in [6, 6.07) is 6.32. The Morgan fingerprint density at radius 3 is 2.56 bits per heavy atom. The third kappa shape index (κ3) is 4.22. The van der Waals surface area contributed by atoms with E-state index < -0.39 is 0 Å². The van der Waals surface area contributed by atoms with Crippen LogP contribution in [0.4, 0.5) is 0 Å². The van der Waals surface area contributed by atoms with Crippen LogP contribution in [0.3, 0.4) is 0 Å². The summed E-state index contributed by atoms with van der Waals surface area (Å²) in [4.78, 5) is 0. The van der Waals surface area contributed by atoms with Gasteiger partial charge in [-0.25, -0.2) is 0 Å². The van der Waals surface area contributed by atoms with Gasteiger partial charge in [0.05, 0.1) is 0 Å². The van der Waals surface area contributed by atoms with E-state index in [9.17, 15) is 0 Å². The highest BCUT2D eigenvalue weighted by Crippen LogP contribution is 2.16. The molecular formula is C12H18BrNO2. The molecule has 0 spiro atoms. The maximum atomic E-state index is 5.09. The van der Waals surface area contributed by atoms with Crippen LogP contribution in [0.15, 0.2) is 22.7 Å². The van der Waals surface area contributed by atoms with Crippen molar-refractivity contribution in [2.24, 2.45) is 0 Å². The van der Waals surface area contributed by atoms with Crippen molar-refractivity contribution in [3.05, 3.63) is 33.8 Å². The second-order valence-electron chi connectivity index (χ2n) is 3.62. The zero-order chi connectivity index (χ0) is 12.0. The van der Waals surface area contributed by atoms with Crippen molar-refractivity contribution >= 4 is 15.9 Å². The van der Waals surface area contributed by atoms with E-state index in [0.717, 1.165) is 11.0 Å². The fourth-order valence-electron chi connectivity index (χ4n) is 1.41. The highest BCUT2D eigenvalue weighted by atomic mass is 79.9. The van der Waals surface area contributed by atoms with E-state index in [4.69, 9.17) is 9.47 Å². The van der Waals surface area contributed by atoms with Crippen molar-refractivity contribution in [3.8, 4) is 0 Å². The molecule has 1 aromatic rings. The Morgan fingerprint density at radius 1 is 1.31 bits per heavy atom. The first kappa shape index (κ1) is 13.6. The lowest BCUT2D eigenvalue weighted by molar-refractivity contribution is -0.0989. The van der Waals surface area contributed by atoms with Gasteiger partial charge in [-0.2, -0.15) is 0 Å². The summed E-state index contributed by atoms with van der Waals surface area (Å²) in [5.41, 5.74) is 2.50. The molecule has 1 N–H and O–H groups in total. The molecule has 3 nitrogen and oxygen atoms in total. The van der Waals surface area contributed by atoms with Gasteiger partial charge in [-0.15, -0.1) is 0 Å². The van der Waals surface area contributed by atoms with Crippen molar-refractivity contribution < 1.29 is 9.47 Å². The van der Waals surface area contributed by atoms with Gasteiger partial charge in [0.1, 0.15) is 0 Å². The molecule has 0 aliphatic heterocycles. The van der Waals surface area contributed by atoms with Crippen molar-refractivity contribution in [1.82, 2.24) is 5.32 Å². The van der Waals surface area contributed by atoms with Crippen molar-refractivity contribution in [3.63, 3.8) is 0 Å². The first-order chi connectivity index (χ1) is 7.67. The quantitative estimate of drug-likeness (QED) is 0.816. The SMILES string of the molecule is COC(CNCc1ccc(Br)c(C)c1)OC. The predicted octanol–water partition coefficient (Wildman–Crippen LogP) is 2.47. The van der Waals surface area contributed by atoms with E-state index in [0.29, 0.717) is 6.54 Å². The van der Waals surface area contributed by atoms with Gasteiger partial charge in [0.15, 0.2) is 6.29 Å². The van der Waals surface area contributed by atoms with E-state index in [1.165, 1.54) is 11.1 Å². The van der Waals surface area contributed by atoms with Crippen molar-refractivity contribution in [2.75, 3.05) is 20.8 Å². The van der Waals surface area contributed by atoms with E-state index in [-0.39, 0.29) is 6.29 Å². The van der Waals surface area contributed by atoms with Crippen molar-refractivity contribution in [1.29, 1.82) is 0 Å². The average Bonchev–Trinajstić information content (AvgIpc) is 2.29. The average molecular weight is 288 g/mol. The summed E-state index contributed by atoms with van der Waals surface area (Å²) in [7, 11) is 3.28. The summed E-state index contributed by atoms with van der Waals surface area (Å²) in [5.74, 6) is 0. The van der Waals surface area contributed by atoms with Gasteiger partial charge >= 0.3 is 0 Å². The molecule has 0 aromatic heterocycles. The van der Waals surface area contributed by atoms with Crippen LogP contribution in [-0.4, -0.2) is 27.1 Å². The van der Waals surface area contributed by atoms with Crippen LogP contribution in [0, 0.1) is 6.92 Å². The summed E-state index contributed by atoms with van der Waals surface area (Å²) < 4.78 is 11.3. The molecule has 0 radical (unpaired) electrons. The molecule has 0 aliphatic rings. The second kappa shape index (κ2) is 7.01. The molecule has 0 bridgehead atoms. The fraction of sp³-hybridized carbons (Fsp3) is 0.500. The van der Waals surface area contributed by atoms with E-state index in [1.807, 2.05) is 0 Å². The maximum absolute atomic E-state index is 5.09. The number of hydrogen-bond donors (Lipinski definition) is 1. The third-order valence-electron chi connectivity index (χ3n) is 2.39. The van der Waals surface area contributed by atoms with Crippen LogP contribution in [0.1, 0.15) is 11.1 Å². The first-order valence-corrected chi connectivity index (χ1v) is 5.98. The molecule has 0 fully saturated rings. The predicted molar refractivity (Wildman–Crippen MR) is 68.4 cm³/mol. The highest BCUT2D eigenvalue weighted by Gasteiger charge is 2.03. The largest absolute Gasteiger partial charge is 0.355 e. The fourth-order valence-corrected chi connectivity index (χ4v) is 1.66. The number of ether oxygens (including phenoxy) is 2. The molecule has 90 valence electrons. The summed E-state index contributed by atoms with van der Waals surface area (Å²) in [6.45, 7) is 3.58. The number of methoxy groups -OCH3 is 2. The lowest BCUT2D eigenvalue weighted by atomic mass is 10.1. The lowest BCUT2D eigenvalue weighted by Gasteiger charge is -2.14. The molecule has 16 heavy (non-hydrogen) atoms. The van der Waals surface area contributed by atoms with E-state index in [1.54, 1.807) is 14.2 Å². The maximum Gasteiger partial charge on any atom is 0.169 e. The van der Waals surface area contributed by atoms with Crippen LogP contribution in [0.25, 0.3) is 0 Å². The first-order valence-electron chi connectivity index (χ1n) is 5.18. The zero-order valence-corrected chi connectivity index (χ0v) is 11.5. The molecule has 0 saturated heterocycles. The van der Waals surface area contributed by atoms with Crippen LogP contribution in [0.5, 0.6) is 0 Å². The number of benzene rings is 1. The molecule has 0 amide bonds. The van der Waals surface area contributed by atoms with Gasteiger partial charge in [-0.3, -0.25) is 0 Å². The topological polar surface area (TPSA) is 30.5 Å². The van der Waals surface area contributed by atoms with Gasteiger partial charge in [0.2, 0.25) is 0 Å². The summed E-state index contributed by atoms with van der Waals surface area (Å²) in [5, 5.41) is 3.28.